The lowest BCUT2D eigenvalue weighted by atomic mass is 9.72. The van der Waals surface area contributed by atoms with Gasteiger partial charge in [-0.25, -0.2) is 9.78 Å². The second-order valence-electron chi connectivity index (χ2n) is 12.7. The summed E-state index contributed by atoms with van der Waals surface area (Å²) in [6.07, 6.45) is 10.0. The van der Waals surface area contributed by atoms with Crippen LogP contribution in [-0.4, -0.2) is 51.0 Å². The zero-order valence-corrected chi connectivity index (χ0v) is 25.0. The lowest BCUT2D eigenvalue weighted by molar-refractivity contribution is -0.154. The van der Waals surface area contributed by atoms with E-state index in [1.165, 1.54) is 0 Å². The Hall–Kier alpha value is -3.78. The maximum absolute atomic E-state index is 14.3. The van der Waals surface area contributed by atoms with Crippen LogP contribution in [-0.2, 0) is 16.1 Å². The van der Waals surface area contributed by atoms with Crippen LogP contribution < -0.4 is 10.1 Å². The molecule has 1 saturated carbocycles. The Bertz CT molecular complexity index is 1370. The smallest absolute Gasteiger partial charge is 0.326 e. The Morgan fingerprint density at radius 1 is 1.02 bits per heavy atom. The molecule has 222 valence electrons. The Labute approximate surface area is 248 Å². The third-order valence-electron chi connectivity index (χ3n) is 8.91. The SMILES string of the molecule is COc1ncc(-c2cccnc2)cc1CN[C@H]1[C@H](C(C)(C)C)[C@@H](C(=O)O)N(C(=O)C2CCCCC2)[C@H]1c1ccccc1. The molecule has 8 heteroatoms. The third-order valence-corrected chi connectivity index (χ3v) is 8.91. The van der Waals surface area contributed by atoms with Crippen LogP contribution in [0.3, 0.4) is 0 Å². The number of carbonyl (C=O) groups excluding carboxylic acids is 1. The van der Waals surface area contributed by atoms with Gasteiger partial charge >= 0.3 is 5.97 Å². The number of carbonyl (C=O) groups is 2. The van der Waals surface area contributed by atoms with Crippen LogP contribution in [0.5, 0.6) is 5.88 Å². The monoisotopic (exact) mass is 570 g/mol. The zero-order chi connectivity index (χ0) is 29.9. The molecule has 0 bridgehead atoms. The van der Waals surface area contributed by atoms with E-state index in [0.717, 1.165) is 54.4 Å². The van der Waals surface area contributed by atoms with E-state index in [9.17, 15) is 14.7 Å². The number of hydrogen-bond donors (Lipinski definition) is 2. The van der Waals surface area contributed by atoms with E-state index >= 15 is 0 Å². The fourth-order valence-electron chi connectivity index (χ4n) is 7.02. The molecule has 1 saturated heterocycles. The molecule has 1 aliphatic heterocycles. The normalized spacial score (nSPS) is 23.1. The van der Waals surface area contributed by atoms with Gasteiger partial charge in [-0.05, 0) is 36.0 Å². The maximum Gasteiger partial charge on any atom is 0.326 e. The second-order valence-corrected chi connectivity index (χ2v) is 12.7. The first kappa shape index (κ1) is 29.7. The van der Waals surface area contributed by atoms with Crippen LogP contribution >= 0.6 is 0 Å². The Morgan fingerprint density at radius 3 is 2.38 bits per heavy atom. The number of hydrogen-bond acceptors (Lipinski definition) is 6. The van der Waals surface area contributed by atoms with E-state index in [0.29, 0.717) is 12.4 Å². The minimum Gasteiger partial charge on any atom is -0.481 e. The van der Waals surface area contributed by atoms with Gasteiger partial charge in [0.2, 0.25) is 11.8 Å². The van der Waals surface area contributed by atoms with Crippen molar-refractivity contribution in [2.24, 2.45) is 17.3 Å². The summed E-state index contributed by atoms with van der Waals surface area (Å²) < 4.78 is 5.63. The molecule has 42 heavy (non-hydrogen) atoms. The number of aromatic nitrogens is 2. The van der Waals surface area contributed by atoms with Crippen molar-refractivity contribution < 1.29 is 19.4 Å². The van der Waals surface area contributed by atoms with Crippen molar-refractivity contribution in [1.82, 2.24) is 20.2 Å². The van der Waals surface area contributed by atoms with Gasteiger partial charge in [-0.1, -0.05) is 76.4 Å². The van der Waals surface area contributed by atoms with Crippen molar-refractivity contribution in [1.29, 1.82) is 0 Å². The number of pyridine rings is 2. The van der Waals surface area contributed by atoms with Gasteiger partial charge in [-0.3, -0.25) is 9.78 Å². The van der Waals surface area contributed by atoms with Gasteiger partial charge in [0, 0.05) is 59.7 Å². The van der Waals surface area contributed by atoms with E-state index < -0.39 is 23.5 Å². The van der Waals surface area contributed by atoms with Crippen molar-refractivity contribution in [3.63, 3.8) is 0 Å². The lowest BCUT2D eigenvalue weighted by Gasteiger charge is -2.36. The van der Waals surface area contributed by atoms with E-state index in [1.54, 1.807) is 30.6 Å². The van der Waals surface area contributed by atoms with E-state index in [-0.39, 0.29) is 23.8 Å². The van der Waals surface area contributed by atoms with Crippen molar-refractivity contribution in [2.45, 2.75) is 77.5 Å². The van der Waals surface area contributed by atoms with Gasteiger partial charge in [0.25, 0.3) is 0 Å². The number of methoxy groups -OCH3 is 1. The number of nitrogens with zero attached hydrogens (tertiary/aromatic N) is 3. The molecule has 3 aromatic rings. The lowest BCUT2D eigenvalue weighted by Crippen LogP contribution is -2.49. The average molecular weight is 571 g/mol. The number of nitrogens with one attached hydrogen (secondary N) is 1. The summed E-state index contributed by atoms with van der Waals surface area (Å²) in [5.41, 5.74) is 3.24. The Balaban J connectivity index is 1.57. The highest BCUT2D eigenvalue weighted by Gasteiger charge is 2.58. The van der Waals surface area contributed by atoms with E-state index in [2.05, 4.69) is 36.1 Å². The van der Waals surface area contributed by atoms with Crippen LogP contribution in [0, 0.1) is 17.3 Å². The largest absolute Gasteiger partial charge is 0.481 e. The van der Waals surface area contributed by atoms with Crippen molar-refractivity contribution in [3.05, 3.63) is 78.2 Å². The predicted molar refractivity (Wildman–Crippen MR) is 162 cm³/mol. The van der Waals surface area contributed by atoms with Crippen molar-refractivity contribution in [2.75, 3.05) is 7.11 Å². The topological polar surface area (TPSA) is 105 Å². The molecular formula is C34H42N4O4. The fraction of sp³-hybridized carbons (Fsp3) is 0.471. The standard InChI is InChI=1S/C34H42N4O4/c1-34(2,3)27-28(36-21-26-18-25(20-37-31(26)42-4)24-16-11-17-35-19-24)29(22-12-7-5-8-13-22)38(30(27)33(40)41)32(39)23-14-9-6-10-15-23/h5,7-8,11-13,16-20,23,27-30,36H,6,9-10,14-15,21H2,1-4H3,(H,40,41)/t27-,28-,29-,30-/m0/s1. The summed E-state index contributed by atoms with van der Waals surface area (Å²) in [7, 11) is 1.60. The van der Waals surface area contributed by atoms with E-state index in [1.807, 2.05) is 48.5 Å². The van der Waals surface area contributed by atoms with Crippen LogP contribution in [0.25, 0.3) is 11.1 Å². The zero-order valence-electron chi connectivity index (χ0n) is 25.0. The third kappa shape index (κ3) is 6.04. The highest BCUT2D eigenvalue weighted by atomic mass is 16.5. The van der Waals surface area contributed by atoms with Gasteiger partial charge in [-0.15, -0.1) is 0 Å². The highest BCUT2D eigenvalue weighted by Crippen LogP contribution is 2.49. The average Bonchev–Trinajstić information content (AvgIpc) is 3.37. The Morgan fingerprint density at radius 2 is 1.76 bits per heavy atom. The number of likely N-dealkylation sites (tertiary alicyclic amines) is 1. The predicted octanol–water partition coefficient (Wildman–Crippen LogP) is 5.89. The molecule has 1 amide bonds. The summed E-state index contributed by atoms with van der Waals surface area (Å²) in [5, 5.41) is 14.5. The maximum atomic E-state index is 14.3. The summed E-state index contributed by atoms with van der Waals surface area (Å²) in [6.45, 7) is 6.61. The second kappa shape index (κ2) is 12.6. The molecule has 5 rings (SSSR count). The first-order valence-electron chi connectivity index (χ1n) is 15.0. The van der Waals surface area contributed by atoms with Crippen LogP contribution in [0.15, 0.2) is 67.1 Å². The summed E-state index contributed by atoms with van der Waals surface area (Å²) in [4.78, 5) is 37.9. The number of ether oxygens (including phenoxy) is 1. The molecule has 1 aromatic carbocycles. The van der Waals surface area contributed by atoms with Crippen molar-refractivity contribution in [3.8, 4) is 17.0 Å². The molecule has 4 atom stereocenters. The fourth-order valence-corrected chi connectivity index (χ4v) is 7.02. The molecule has 0 spiro atoms. The molecule has 1 aliphatic carbocycles. The molecule has 0 unspecified atom stereocenters. The van der Waals surface area contributed by atoms with Crippen LogP contribution in [0.4, 0.5) is 0 Å². The minimum absolute atomic E-state index is 0.0349. The summed E-state index contributed by atoms with van der Waals surface area (Å²) >= 11 is 0. The number of carboxylic acid groups (broad SMARTS) is 1. The Kier molecular flexibility index (Phi) is 8.92. The van der Waals surface area contributed by atoms with Gasteiger partial charge < -0.3 is 20.1 Å². The van der Waals surface area contributed by atoms with Gasteiger partial charge in [0.1, 0.15) is 6.04 Å². The van der Waals surface area contributed by atoms with Crippen LogP contribution in [0.1, 0.15) is 70.0 Å². The van der Waals surface area contributed by atoms with Gasteiger partial charge in [0.05, 0.1) is 13.2 Å². The number of benzene rings is 1. The first-order valence-corrected chi connectivity index (χ1v) is 15.0. The number of rotatable bonds is 8. The summed E-state index contributed by atoms with van der Waals surface area (Å²) in [6, 6.07) is 14.1. The molecule has 3 heterocycles. The molecular weight excluding hydrogens is 528 g/mol. The molecule has 2 N–H and O–H groups in total. The molecule has 2 aliphatic rings. The summed E-state index contributed by atoms with van der Waals surface area (Å²) in [5.74, 6) is -0.990. The molecule has 8 nitrogen and oxygen atoms in total. The number of aliphatic carboxylic acids is 1. The first-order chi connectivity index (χ1) is 20.2. The number of carboxylic acids is 1. The molecule has 0 radical (unpaired) electrons. The van der Waals surface area contributed by atoms with Crippen molar-refractivity contribution >= 4 is 11.9 Å². The molecule has 2 aromatic heterocycles. The highest BCUT2D eigenvalue weighted by molar-refractivity contribution is 5.87. The minimum atomic E-state index is -0.956. The van der Waals surface area contributed by atoms with Gasteiger partial charge in [-0.2, -0.15) is 0 Å². The van der Waals surface area contributed by atoms with Crippen LogP contribution in [0.2, 0.25) is 0 Å². The number of amides is 1. The van der Waals surface area contributed by atoms with E-state index in [4.69, 9.17) is 4.74 Å². The van der Waals surface area contributed by atoms with Gasteiger partial charge in [0.15, 0.2) is 0 Å². The quantitative estimate of drug-likeness (QED) is 0.348. The molecule has 2 fully saturated rings.